The summed E-state index contributed by atoms with van der Waals surface area (Å²) in [4.78, 5) is 22.7. The van der Waals surface area contributed by atoms with Gasteiger partial charge in [-0.15, -0.1) is 0 Å². The zero-order chi connectivity index (χ0) is 27.2. The largest absolute Gasteiger partial charge is 0.439 e. The van der Waals surface area contributed by atoms with Crippen LogP contribution in [0.5, 0.6) is 0 Å². The number of benzene rings is 1. The van der Waals surface area contributed by atoms with Crippen LogP contribution < -0.4 is 0 Å². The third kappa shape index (κ3) is 6.13. The smallest absolute Gasteiger partial charge is 0.434 e. The second-order valence-electron chi connectivity index (χ2n) is 5.74. The molecule has 0 N–H and O–H groups in total. The normalized spacial score (nSPS) is 13.5. The molecule has 34 heavy (non-hydrogen) atoms. The van der Waals surface area contributed by atoms with Crippen LogP contribution in [0.25, 0.3) is 0 Å². The Labute approximate surface area is 174 Å². The molecular formula is C14H2F16O4. The van der Waals surface area contributed by atoms with Crippen molar-refractivity contribution in [1.29, 1.82) is 0 Å². The summed E-state index contributed by atoms with van der Waals surface area (Å²) < 4.78 is 209. The lowest BCUT2D eigenvalue weighted by Gasteiger charge is -2.24. The standard InChI is InChI=1S/C14H2F16O4/c15-3-1(7(31)33-9(11(19,20)21)12(22,23)24)4(16)6(18)2(5(3)17)8(32)34-10(13(25,26)27)14(28,29)30/h9-10H. The summed E-state index contributed by atoms with van der Waals surface area (Å²) in [6.07, 6.45) is -36.1. The molecule has 0 aromatic heterocycles. The van der Waals surface area contributed by atoms with Gasteiger partial charge in [-0.1, -0.05) is 0 Å². The number of carbonyl (C=O) groups excluding carboxylic acids is 2. The molecule has 1 aromatic carbocycles. The highest BCUT2D eigenvalue weighted by molar-refractivity contribution is 5.94. The first-order chi connectivity index (χ1) is 14.9. The van der Waals surface area contributed by atoms with E-state index in [0.29, 0.717) is 0 Å². The third-order valence-electron chi connectivity index (χ3n) is 3.31. The van der Waals surface area contributed by atoms with Gasteiger partial charge in [-0.25, -0.2) is 27.2 Å². The van der Waals surface area contributed by atoms with E-state index < -0.39 is 83.2 Å². The van der Waals surface area contributed by atoms with E-state index in [-0.39, 0.29) is 0 Å². The van der Waals surface area contributed by atoms with E-state index in [4.69, 9.17) is 0 Å². The maximum atomic E-state index is 13.9. The molecular weight excluding hydrogens is 536 g/mol. The number of alkyl halides is 12. The van der Waals surface area contributed by atoms with E-state index in [9.17, 15) is 79.8 Å². The molecule has 0 aliphatic heterocycles. The van der Waals surface area contributed by atoms with Crippen molar-refractivity contribution in [2.75, 3.05) is 0 Å². The van der Waals surface area contributed by atoms with E-state index >= 15 is 0 Å². The quantitative estimate of drug-likeness (QED) is 0.287. The van der Waals surface area contributed by atoms with Crippen molar-refractivity contribution in [3.63, 3.8) is 0 Å². The van der Waals surface area contributed by atoms with E-state index in [2.05, 4.69) is 9.47 Å². The number of hydrogen-bond donors (Lipinski definition) is 0. The molecule has 1 aromatic rings. The molecule has 0 spiro atoms. The maximum Gasteiger partial charge on any atom is 0.434 e. The van der Waals surface area contributed by atoms with Crippen molar-refractivity contribution in [2.24, 2.45) is 0 Å². The van der Waals surface area contributed by atoms with Crippen LogP contribution in [0, 0.1) is 23.3 Å². The molecule has 0 unspecified atom stereocenters. The number of rotatable bonds is 4. The highest BCUT2D eigenvalue weighted by Crippen LogP contribution is 2.38. The summed E-state index contributed by atoms with van der Waals surface area (Å²) in [5.41, 5.74) is -5.96. The van der Waals surface area contributed by atoms with Crippen molar-refractivity contribution in [3.8, 4) is 0 Å². The summed E-state index contributed by atoms with van der Waals surface area (Å²) in [7, 11) is 0. The number of hydrogen-bond acceptors (Lipinski definition) is 4. The molecule has 0 aliphatic rings. The Hall–Kier alpha value is -2.96. The van der Waals surface area contributed by atoms with E-state index in [1.54, 1.807) is 0 Å². The van der Waals surface area contributed by atoms with Gasteiger partial charge in [0.1, 0.15) is 11.1 Å². The van der Waals surface area contributed by atoms with Crippen LogP contribution in [-0.4, -0.2) is 48.9 Å². The predicted molar refractivity (Wildman–Crippen MR) is 68.9 cm³/mol. The van der Waals surface area contributed by atoms with E-state index in [1.807, 2.05) is 0 Å². The van der Waals surface area contributed by atoms with Gasteiger partial charge < -0.3 is 9.47 Å². The molecule has 194 valence electrons. The second kappa shape index (κ2) is 9.01. The molecule has 0 atom stereocenters. The minimum Gasteiger partial charge on any atom is -0.439 e. The van der Waals surface area contributed by atoms with Crippen LogP contribution in [0.3, 0.4) is 0 Å². The zero-order valence-electron chi connectivity index (χ0n) is 14.8. The molecule has 0 saturated carbocycles. The molecule has 1 rings (SSSR count). The Morgan fingerprint density at radius 2 is 0.647 bits per heavy atom. The average molecular weight is 538 g/mol. The zero-order valence-corrected chi connectivity index (χ0v) is 14.8. The van der Waals surface area contributed by atoms with Crippen molar-refractivity contribution < 1.29 is 89.3 Å². The average Bonchev–Trinajstić information content (AvgIpc) is 2.59. The van der Waals surface area contributed by atoms with E-state index in [1.165, 1.54) is 0 Å². The van der Waals surface area contributed by atoms with Crippen LogP contribution in [0.15, 0.2) is 0 Å². The van der Waals surface area contributed by atoms with E-state index in [0.717, 1.165) is 0 Å². The number of ether oxygens (including phenoxy) is 2. The van der Waals surface area contributed by atoms with Crippen molar-refractivity contribution in [2.45, 2.75) is 36.9 Å². The van der Waals surface area contributed by atoms with Gasteiger partial charge in [0.25, 0.3) is 12.2 Å². The number of halogens is 16. The third-order valence-corrected chi connectivity index (χ3v) is 3.31. The lowest BCUT2D eigenvalue weighted by molar-refractivity contribution is -0.308. The van der Waals surface area contributed by atoms with Gasteiger partial charge in [0.15, 0.2) is 23.3 Å². The first-order valence-corrected chi connectivity index (χ1v) is 7.47. The SMILES string of the molecule is O=C(OC(C(F)(F)F)C(F)(F)F)c1c(F)c(F)c(C(=O)OC(C(F)(F)F)C(F)(F)F)c(F)c1F. The predicted octanol–water partition coefficient (Wildman–Crippen LogP) is 5.54. The van der Waals surface area contributed by atoms with Gasteiger partial charge >= 0.3 is 36.6 Å². The van der Waals surface area contributed by atoms with Crippen LogP contribution in [0.4, 0.5) is 70.2 Å². The van der Waals surface area contributed by atoms with Gasteiger partial charge in [-0.2, -0.15) is 52.7 Å². The van der Waals surface area contributed by atoms with Gasteiger partial charge in [0, 0.05) is 0 Å². The molecule has 4 nitrogen and oxygen atoms in total. The summed E-state index contributed by atoms with van der Waals surface area (Å²) in [5, 5.41) is 0. The fourth-order valence-electron chi connectivity index (χ4n) is 1.96. The molecule has 0 heterocycles. The minimum absolute atomic E-state index is 2.78. The molecule has 0 fully saturated rings. The maximum absolute atomic E-state index is 13.9. The molecule has 0 bridgehead atoms. The van der Waals surface area contributed by atoms with Crippen molar-refractivity contribution in [1.82, 2.24) is 0 Å². The summed E-state index contributed by atoms with van der Waals surface area (Å²) in [5.74, 6) is -20.0. The molecule has 0 aliphatic carbocycles. The summed E-state index contributed by atoms with van der Waals surface area (Å²) in [6, 6.07) is 0. The Kier molecular flexibility index (Phi) is 7.70. The topological polar surface area (TPSA) is 52.6 Å². The molecule has 20 heteroatoms. The Morgan fingerprint density at radius 3 is 0.794 bits per heavy atom. The second-order valence-corrected chi connectivity index (χ2v) is 5.74. The highest BCUT2D eigenvalue weighted by atomic mass is 19.4. The van der Waals surface area contributed by atoms with Gasteiger partial charge in [-0.3, -0.25) is 0 Å². The lowest BCUT2D eigenvalue weighted by atomic mass is 10.1. The van der Waals surface area contributed by atoms with Crippen LogP contribution >= 0.6 is 0 Å². The first kappa shape index (κ1) is 29.1. The number of esters is 2. The Morgan fingerprint density at radius 1 is 0.471 bits per heavy atom. The van der Waals surface area contributed by atoms with Crippen LogP contribution in [0.1, 0.15) is 20.7 Å². The lowest BCUT2D eigenvalue weighted by Crippen LogP contribution is -2.46. The fraction of sp³-hybridized carbons (Fsp3) is 0.429. The fourth-order valence-corrected chi connectivity index (χ4v) is 1.96. The van der Waals surface area contributed by atoms with Crippen molar-refractivity contribution in [3.05, 3.63) is 34.4 Å². The monoisotopic (exact) mass is 538 g/mol. The molecule has 0 radical (unpaired) electrons. The van der Waals surface area contributed by atoms with Crippen molar-refractivity contribution >= 4 is 11.9 Å². The molecule has 0 saturated heterocycles. The van der Waals surface area contributed by atoms with Gasteiger partial charge in [0.05, 0.1) is 0 Å². The minimum atomic E-state index is -6.48. The number of carbonyl (C=O) groups is 2. The Bertz CT molecular complexity index is 821. The molecule has 0 amide bonds. The van der Waals surface area contributed by atoms with Crippen LogP contribution in [0.2, 0.25) is 0 Å². The van der Waals surface area contributed by atoms with Gasteiger partial charge in [0.2, 0.25) is 0 Å². The first-order valence-electron chi connectivity index (χ1n) is 7.47. The Balaban J connectivity index is 3.54. The van der Waals surface area contributed by atoms with Gasteiger partial charge in [-0.05, 0) is 0 Å². The summed E-state index contributed by atoms with van der Waals surface area (Å²) >= 11 is 0. The van der Waals surface area contributed by atoms with Crippen LogP contribution in [-0.2, 0) is 9.47 Å². The summed E-state index contributed by atoms with van der Waals surface area (Å²) in [6.45, 7) is 0. The highest BCUT2D eigenvalue weighted by Gasteiger charge is 2.61.